The summed E-state index contributed by atoms with van der Waals surface area (Å²) in [5.41, 5.74) is 11.6. The standard InChI is InChI=1S/C12H17N3O3/c1-7(5-11(14)16)15-12(17)8-3-4-9(13)10(6-8)18-2/h3-4,6-7H,5,13H2,1-2H3,(H2,14,16)(H,15,17). The smallest absolute Gasteiger partial charge is 0.251 e. The van der Waals surface area contributed by atoms with Crippen LogP contribution in [0.4, 0.5) is 5.69 Å². The van der Waals surface area contributed by atoms with E-state index in [2.05, 4.69) is 5.32 Å². The number of carbonyl (C=O) groups is 2. The van der Waals surface area contributed by atoms with Gasteiger partial charge in [0.25, 0.3) is 5.91 Å². The molecule has 0 aliphatic rings. The largest absolute Gasteiger partial charge is 0.495 e. The number of anilines is 1. The molecular weight excluding hydrogens is 234 g/mol. The van der Waals surface area contributed by atoms with Crippen molar-refractivity contribution in [3.05, 3.63) is 23.8 Å². The zero-order valence-electron chi connectivity index (χ0n) is 10.4. The molecule has 98 valence electrons. The first-order chi connectivity index (χ1) is 8.43. The van der Waals surface area contributed by atoms with Gasteiger partial charge in [-0.1, -0.05) is 0 Å². The number of amides is 2. The third-order valence-electron chi connectivity index (χ3n) is 2.38. The molecule has 6 nitrogen and oxygen atoms in total. The molecule has 18 heavy (non-hydrogen) atoms. The van der Waals surface area contributed by atoms with Crippen molar-refractivity contribution in [2.75, 3.05) is 12.8 Å². The molecule has 0 heterocycles. The van der Waals surface area contributed by atoms with E-state index in [1.54, 1.807) is 25.1 Å². The quantitative estimate of drug-likeness (QED) is 0.653. The fourth-order valence-corrected chi connectivity index (χ4v) is 1.51. The van der Waals surface area contributed by atoms with Crippen LogP contribution >= 0.6 is 0 Å². The highest BCUT2D eigenvalue weighted by atomic mass is 16.5. The molecule has 1 aromatic rings. The second-order valence-electron chi connectivity index (χ2n) is 4.00. The summed E-state index contributed by atoms with van der Waals surface area (Å²) >= 11 is 0. The highest BCUT2D eigenvalue weighted by Crippen LogP contribution is 2.22. The van der Waals surface area contributed by atoms with Crippen molar-refractivity contribution in [2.24, 2.45) is 5.73 Å². The van der Waals surface area contributed by atoms with Crippen molar-refractivity contribution < 1.29 is 14.3 Å². The molecule has 0 radical (unpaired) electrons. The Morgan fingerprint density at radius 3 is 2.67 bits per heavy atom. The number of rotatable bonds is 5. The summed E-state index contributed by atoms with van der Waals surface area (Å²) in [6.07, 6.45) is 0.0951. The average molecular weight is 251 g/mol. The fraction of sp³-hybridized carbons (Fsp3) is 0.333. The van der Waals surface area contributed by atoms with Gasteiger partial charge in [0, 0.05) is 18.0 Å². The first-order valence-corrected chi connectivity index (χ1v) is 5.46. The highest BCUT2D eigenvalue weighted by molar-refractivity contribution is 5.95. The molecule has 1 aromatic carbocycles. The molecule has 0 saturated carbocycles. The van der Waals surface area contributed by atoms with Gasteiger partial charge in [0.05, 0.1) is 12.8 Å². The Kier molecular flexibility index (Phi) is 4.53. The molecule has 1 unspecified atom stereocenters. The predicted octanol–water partition coefficient (Wildman–Crippen LogP) is 0.271. The second kappa shape index (κ2) is 5.90. The van der Waals surface area contributed by atoms with Crippen LogP contribution in [0.5, 0.6) is 5.75 Å². The summed E-state index contributed by atoms with van der Waals surface area (Å²) in [4.78, 5) is 22.6. The Morgan fingerprint density at radius 1 is 1.44 bits per heavy atom. The van der Waals surface area contributed by atoms with Crippen LogP contribution in [0.3, 0.4) is 0 Å². The number of primary amides is 1. The molecule has 2 amide bonds. The van der Waals surface area contributed by atoms with Crippen molar-refractivity contribution in [1.82, 2.24) is 5.32 Å². The molecule has 1 rings (SSSR count). The number of nitrogens with two attached hydrogens (primary N) is 2. The molecule has 0 spiro atoms. The summed E-state index contributed by atoms with van der Waals surface area (Å²) in [5.74, 6) is -0.329. The van der Waals surface area contributed by atoms with Gasteiger partial charge in [0.1, 0.15) is 5.75 Å². The maximum absolute atomic E-state index is 11.9. The van der Waals surface area contributed by atoms with E-state index in [-0.39, 0.29) is 18.4 Å². The number of hydrogen-bond donors (Lipinski definition) is 3. The molecule has 0 aliphatic heterocycles. The Bertz CT molecular complexity index is 460. The van der Waals surface area contributed by atoms with Gasteiger partial charge in [0.2, 0.25) is 5.91 Å². The van der Waals surface area contributed by atoms with Crippen LogP contribution in [0.25, 0.3) is 0 Å². The molecule has 0 bridgehead atoms. The van der Waals surface area contributed by atoms with Crippen molar-refractivity contribution >= 4 is 17.5 Å². The Labute approximate surface area is 105 Å². The zero-order valence-corrected chi connectivity index (χ0v) is 10.4. The van der Waals surface area contributed by atoms with Crippen LogP contribution in [0, 0.1) is 0 Å². The van der Waals surface area contributed by atoms with Gasteiger partial charge >= 0.3 is 0 Å². The molecule has 6 heteroatoms. The van der Waals surface area contributed by atoms with E-state index in [1.807, 2.05) is 0 Å². The number of hydrogen-bond acceptors (Lipinski definition) is 4. The lowest BCUT2D eigenvalue weighted by Crippen LogP contribution is -2.35. The van der Waals surface area contributed by atoms with Crippen LogP contribution < -0.4 is 21.5 Å². The molecule has 0 saturated heterocycles. The lowest BCUT2D eigenvalue weighted by atomic mass is 10.1. The topological polar surface area (TPSA) is 107 Å². The number of methoxy groups -OCH3 is 1. The first-order valence-electron chi connectivity index (χ1n) is 5.46. The normalized spacial score (nSPS) is 11.7. The van der Waals surface area contributed by atoms with Crippen molar-refractivity contribution in [1.29, 1.82) is 0 Å². The SMILES string of the molecule is COc1cc(C(=O)NC(C)CC(N)=O)ccc1N. The lowest BCUT2D eigenvalue weighted by Gasteiger charge is -2.13. The fourth-order valence-electron chi connectivity index (χ4n) is 1.51. The summed E-state index contributed by atoms with van der Waals surface area (Å²) in [5, 5.41) is 2.66. The lowest BCUT2D eigenvalue weighted by molar-refractivity contribution is -0.118. The summed E-state index contributed by atoms with van der Waals surface area (Å²) in [6, 6.07) is 4.40. The van der Waals surface area contributed by atoms with E-state index < -0.39 is 5.91 Å². The van der Waals surface area contributed by atoms with E-state index in [0.717, 1.165) is 0 Å². The van der Waals surface area contributed by atoms with Crippen LogP contribution in [0.1, 0.15) is 23.7 Å². The minimum atomic E-state index is -0.460. The third-order valence-corrected chi connectivity index (χ3v) is 2.38. The van der Waals surface area contributed by atoms with Gasteiger partial charge in [-0.2, -0.15) is 0 Å². The Morgan fingerprint density at radius 2 is 2.11 bits per heavy atom. The Hall–Kier alpha value is -2.24. The second-order valence-corrected chi connectivity index (χ2v) is 4.00. The minimum Gasteiger partial charge on any atom is -0.495 e. The van der Waals surface area contributed by atoms with E-state index in [0.29, 0.717) is 17.0 Å². The van der Waals surface area contributed by atoms with Crippen LogP contribution in [-0.4, -0.2) is 25.0 Å². The van der Waals surface area contributed by atoms with Crippen LogP contribution in [0.2, 0.25) is 0 Å². The van der Waals surface area contributed by atoms with Crippen molar-refractivity contribution in [3.8, 4) is 5.75 Å². The highest BCUT2D eigenvalue weighted by Gasteiger charge is 2.13. The molecular formula is C12H17N3O3. The van der Waals surface area contributed by atoms with E-state index in [1.165, 1.54) is 7.11 Å². The molecule has 0 aliphatic carbocycles. The van der Waals surface area contributed by atoms with Gasteiger partial charge in [-0.15, -0.1) is 0 Å². The van der Waals surface area contributed by atoms with Gasteiger partial charge in [-0.3, -0.25) is 9.59 Å². The van der Waals surface area contributed by atoms with E-state index in [4.69, 9.17) is 16.2 Å². The van der Waals surface area contributed by atoms with Gasteiger partial charge < -0.3 is 21.5 Å². The Balaban J connectivity index is 2.75. The van der Waals surface area contributed by atoms with Crippen molar-refractivity contribution in [2.45, 2.75) is 19.4 Å². The maximum atomic E-state index is 11.9. The number of ether oxygens (including phenoxy) is 1. The number of carbonyl (C=O) groups excluding carboxylic acids is 2. The molecule has 0 aromatic heterocycles. The number of nitrogen functional groups attached to an aromatic ring is 1. The van der Waals surface area contributed by atoms with Crippen LogP contribution in [-0.2, 0) is 4.79 Å². The van der Waals surface area contributed by atoms with Crippen LogP contribution in [0.15, 0.2) is 18.2 Å². The van der Waals surface area contributed by atoms with Gasteiger partial charge in [-0.05, 0) is 25.1 Å². The summed E-state index contributed by atoms with van der Waals surface area (Å²) in [6.45, 7) is 1.71. The van der Waals surface area contributed by atoms with Gasteiger partial charge in [-0.25, -0.2) is 0 Å². The molecule has 5 N–H and O–H groups in total. The van der Waals surface area contributed by atoms with Gasteiger partial charge in [0.15, 0.2) is 0 Å². The molecule has 1 atom stereocenters. The minimum absolute atomic E-state index is 0.0951. The monoisotopic (exact) mass is 251 g/mol. The number of nitrogens with one attached hydrogen (secondary N) is 1. The predicted molar refractivity (Wildman–Crippen MR) is 68.1 cm³/mol. The number of benzene rings is 1. The van der Waals surface area contributed by atoms with E-state index >= 15 is 0 Å². The maximum Gasteiger partial charge on any atom is 0.251 e. The first kappa shape index (κ1) is 13.8. The summed E-state index contributed by atoms with van der Waals surface area (Å²) in [7, 11) is 1.48. The van der Waals surface area contributed by atoms with E-state index in [9.17, 15) is 9.59 Å². The third kappa shape index (κ3) is 3.65. The van der Waals surface area contributed by atoms with Crippen molar-refractivity contribution in [3.63, 3.8) is 0 Å². The zero-order chi connectivity index (χ0) is 13.7. The average Bonchev–Trinajstić information content (AvgIpc) is 2.28. The summed E-state index contributed by atoms with van der Waals surface area (Å²) < 4.78 is 5.03. The molecule has 0 fully saturated rings.